The minimum absolute atomic E-state index is 0.0726. The molecule has 6 rings (SSSR count). The summed E-state index contributed by atoms with van der Waals surface area (Å²) in [6.07, 6.45) is 1.42. The summed E-state index contributed by atoms with van der Waals surface area (Å²) in [6.45, 7) is 3.20. The summed E-state index contributed by atoms with van der Waals surface area (Å²) < 4.78 is 9.62. The van der Waals surface area contributed by atoms with E-state index in [9.17, 15) is 9.59 Å². The lowest BCUT2D eigenvalue weighted by Gasteiger charge is -2.43. The summed E-state index contributed by atoms with van der Waals surface area (Å²) in [7, 11) is 3.58. The standard InChI is InChI=1S/C32H34BrN5O3/c1-34-28(29(33)30(39)38(34)26-13-7-4-8-14-26)22-35-18-16-32(17-19-35)31(40)36(21-24-10-9-15-27(20-24)41-2)23-37(32)25-11-5-3-6-12-25/h3-15,20H,16-19,21-23H2,1-2H3. The van der Waals surface area contributed by atoms with E-state index in [4.69, 9.17) is 4.74 Å². The number of amides is 1. The van der Waals surface area contributed by atoms with Crippen LogP contribution in [0.4, 0.5) is 5.69 Å². The first-order chi connectivity index (χ1) is 19.9. The molecule has 0 atom stereocenters. The van der Waals surface area contributed by atoms with Gasteiger partial charge in [0.1, 0.15) is 15.8 Å². The van der Waals surface area contributed by atoms with Gasteiger partial charge < -0.3 is 14.5 Å². The van der Waals surface area contributed by atoms with E-state index in [1.54, 1.807) is 11.8 Å². The number of rotatable bonds is 7. The van der Waals surface area contributed by atoms with Crippen molar-refractivity contribution in [3.8, 4) is 11.4 Å². The van der Waals surface area contributed by atoms with Crippen molar-refractivity contribution in [2.24, 2.45) is 7.05 Å². The monoisotopic (exact) mass is 615 g/mol. The van der Waals surface area contributed by atoms with Crippen molar-refractivity contribution < 1.29 is 9.53 Å². The van der Waals surface area contributed by atoms with Crippen LogP contribution in [0.25, 0.3) is 5.69 Å². The number of anilines is 1. The van der Waals surface area contributed by atoms with Crippen molar-refractivity contribution in [3.63, 3.8) is 0 Å². The summed E-state index contributed by atoms with van der Waals surface area (Å²) in [4.78, 5) is 33.9. The highest BCUT2D eigenvalue weighted by molar-refractivity contribution is 9.10. The highest BCUT2D eigenvalue weighted by atomic mass is 79.9. The second-order valence-corrected chi connectivity index (χ2v) is 11.6. The summed E-state index contributed by atoms with van der Waals surface area (Å²) in [5.41, 5.74) is 3.19. The van der Waals surface area contributed by atoms with E-state index < -0.39 is 5.54 Å². The molecule has 41 heavy (non-hydrogen) atoms. The predicted octanol–water partition coefficient (Wildman–Crippen LogP) is 4.79. The first-order valence-electron chi connectivity index (χ1n) is 13.9. The van der Waals surface area contributed by atoms with Crippen LogP contribution in [0.5, 0.6) is 5.75 Å². The largest absolute Gasteiger partial charge is 0.497 e. The van der Waals surface area contributed by atoms with Crippen LogP contribution in [-0.2, 0) is 24.9 Å². The number of halogens is 1. The van der Waals surface area contributed by atoms with Gasteiger partial charge in [-0.2, -0.15) is 0 Å². The number of likely N-dealkylation sites (tertiary alicyclic amines) is 1. The molecule has 4 aromatic rings. The van der Waals surface area contributed by atoms with E-state index >= 15 is 0 Å². The normalized spacial score (nSPS) is 17.0. The number of aromatic nitrogens is 2. The maximum absolute atomic E-state index is 14.2. The number of ether oxygens (including phenoxy) is 1. The lowest BCUT2D eigenvalue weighted by molar-refractivity contribution is -0.134. The lowest BCUT2D eigenvalue weighted by Crippen LogP contribution is -2.56. The van der Waals surface area contributed by atoms with E-state index in [1.807, 2.05) is 89.4 Å². The number of hydrogen-bond acceptors (Lipinski definition) is 5. The zero-order chi connectivity index (χ0) is 28.6. The molecule has 2 saturated heterocycles. The lowest BCUT2D eigenvalue weighted by atomic mass is 9.85. The van der Waals surface area contributed by atoms with Crippen LogP contribution in [-0.4, -0.2) is 57.5 Å². The molecule has 8 nitrogen and oxygen atoms in total. The summed E-state index contributed by atoms with van der Waals surface area (Å²) in [5.74, 6) is 0.964. The van der Waals surface area contributed by atoms with Gasteiger partial charge in [0, 0.05) is 38.9 Å². The molecule has 3 heterocycles. The zero-order valence-electron chi connectivity index (χ0n) is 23.4. The molecule has 0 aliphatic carbocycles. The third kappa shape index (κ3) is 4.97. The van der Waals surface area contributed by atoms with Crippen molar-refractivity contribution >= 4 is 27.5 Å². The fraction of sp³-hybridized carbons (Fsp3) is 0.312. The maximum atomic E-state index is 14.2. The van der Waals surface area contributed by atoms with Gasteiger partial charge in [0.15, 0.2) is 0 Å². The molecule has 0 saturated carbocycles. The predicted molar refractivity (Wildman–Crippen MR) is 163 cm³/mol. The number of para-hydroxylation sites is 2. The molecule has 1 amide bonds. The van der Waals surface area contributed by atoms with Gasteiger partial charge in [-0.3, -0.25) is 19.2 Å². The second kappa shape index (κ2) is 11.2. The van der Waals surface area contributed by atoms with Gasteiger partial charge in [-0.25, -0.2) is 4.68 Å². The average molecular weight is 617 g/mol. The quantitative estimate of drug-likeness (QED) is 0.299. The fourth-order valence-corrected chi connectivity index (χ4v) is 6.80. The topological polar surface area (TPSA) is 63.0 Å². The van der Waals surface area contributed by atoms with E-state index in [0.29, 0.717) is 37.1 Å². The number of carbonyl (C=O) groups is 1. The van der Waals surface area contributed by atoms with Gasteiger partial charge in [-0.15, -0.1) is 0 Å². The molecular weight excluding hydrogens is 582 g/mol. The minimum Gasteiger partial charge on any atom is -0.497 e. The Balaban J connectivity index is 1.24. The van der Waals surface area contributed by atoms with Crippen LogP contribution >= 0.6 is 15.9 Å². The number of hydrogen-bond donors (Lipinski definition) is 0. The van der Waals surface area contributed by atoms with Crippen molar-refractivity contribution in [1.29, 1.82) is 0 Å². The van der Waals surface area contributed by atoms with Crippen LogP contribution in [0.1, 0.15) is 24.1 Å². The second-order valence-electron chi connectivity index (χ2n) is 10.8. The molecule has 1 aromatic heterocycles. The van der Waals surface area contributed by atoms with E-state index in [2.05, 4.69) is 37.9 Å². The van der Waals surface area contributed by atoms with E-state index in [0.717, 1.165) is 41.5 Å². The smallest absolute Gasteiger partial charge is 0.286 e. The van der Waals surface area contributed by atoms with E-state index in [1.165, 1.54) is 0 Å². The highest BCUT2D eigenvalue weighted by Gasteiger charge is 2.53. The Hall–Kier alpha value is -3.82. The number of nitrogens with zero attached hydrogens (tertiary/aromatic N) is 5. The molecule has 0 bridgehead atoms. The summed E-state index contributed by atoms with van der Waals surface area (Å²) >= 11 is 3.58. The van der Waals surface area contributed by atoms with Crippen LogP contribution in [0, 0.1) is 0 Å². The molecule has 2 fully saturated rings. The van der Waals surface area contributed by atoms with Gasteiger partial charge in [-0.1, -0.05) is 48.5 Å². The molecular formula is C32H34BrN5O3. The molecule has 212 valence electrons. The first-order valence-corrected chi connectivity index (χ1v) is 14.7. The molecule has 0 unspecified atom stereocenters. The minimum atomic E-state index is -0.601. The van der Waals surface area contributed by atoms with Gasteiger partial charge in [0.2, 0.25) is 5.91 Å². The number of methoxy groups -OCH3 is 1. The fourth-order valence-electron chi connectivity index (χ4n) is 6.25. The number of carbonyl (C=O) groups excluding carboxylic acids is 1. The molecule has 0 N–H and O–H groups in total. The van der Waals surface area contributed by atoms with Crippen LogP contribution in [0.15, 0.2) is 94.2 Å². The Morgan fingerprint density at radius 3 is 2.17 bits per heavy atom. The Morgan fingerprint density at radius 1 is 0.854 bits per heavy atom. The van der Waals surface area contributed by atoms with Gasteiger partial charge in [0.05, 0.1) is 25.2 Å². The Labute approximate surface area is 248 Å². The van der Waals surface area contributed by atoms with Crippen LogP contribution < -0.4 is 15.2 Å². The van der Waals surface area contributed by atoms with Crippen molar-refractivity contribution in [3.05, 3.63) is 111 Å². The van der Waals surface area contributed by atoms with Gasteiger partial charge >= 0.3 is 0 Å². The third-order valence-corrected chi connectivity index (χ3v) is 9.27. The Kier molecular flexibility index (Phi) is 7.48. The number of piperidine rings is 1. The number of benzene rings is 3. The van der Waals surface area contributed by atoms with Crippen molar-refractivity contribution in [2.45, 2.75) is 31.5 Å². The first kappa shape index (κ1) is 27.4. The zero-order valence-corrected chi connectivity index (χ0v) is 25.0. The molecule has 9 heteroatoms. The Morgan fingerprint density at radius 2 is 1.51 bits per heavy atom. The third-order valence-electron chi connectivity index (χ3n) is 8.47. The molecule has 0 radical (unpaired) electrons. The van der Waals surface area contributed by atoms with Crippen LogP contribution in [0.3, 0.4) is 0 Å². The average Bonchev–Trinajstić information content (AvgIpc) is 3.39. The highest BCUT2D eigenvalue weighted by Crippen LogP contribution is 2.40. The maximum Gasteiger partial charge on any atom is 0.286 e. The van der Waals surface area contributed by atoms with Gasteiger partial charge in [-0.05, 0) is 70.7 Å². The molecule has 2 aliphatic rings. The van der Waals surface area contributed by atoms with E-state index in [-0.39, 0.29) is 11.5 Å². The SMILES string of the molecule is COc1cccc(CN2CN(c3ccccc3)C3(CCN(Cc4c(Br)c(=O)n(-c5ccccc5)n4C)CC3)C2=O)c1. The molecule has 3 aromatic carbocycles. The molecule has 2 aliphatic heterocycles. The van der Waals surface area contributed by atoms with Crippen molar-refractivity contribution in [1.82, 2.24) is 19.2 Å². The molecule has 1 spiro atoms. The van der Waals surface area contributed by atoms with Crippen LogP contribution in [0.2, 0.25) is 0 Å². The summed E-state index contributed by atoms with van der Waals surface area (Å²) in [6, 6.07) is 27.9. The Bertz CT molecular complexity index is 1590. The van der Waals surface area contributed by atoms with Crippen molar-refractivity contribution in [2.75, 3.05) is 31.8 Å². The van der Waals surface area contributed by atoms with Gasteiger partial charge in [0.25, 0.3) is 5.56 Å². The summed E-state index contributed by atoms with van der Waals surface area (Å²) in [5, 5.41) is 0.